The highest BCUT2D eigenvalue weighted by molar-refractivity contribution is 5.92. The SMILES string of the molecule is C/C=C1\N(CC)c2ccc(OC)cc2C1(C)Cc1cccc(C)c1F.CCC1=C(C)C(C)C(C(=N)OCN)=CC1C. The van der Waals surface area contributed by atoms with E-state index in [1.165, 1.54) is 28.1 Å². The second-order valence-electron chi connectivity index (χ2n) is 11.2. The van der Waals surface area contributed by atoms with Crippen LogP contribution in [0.4, 0.5) is 10.1 Å². The normalized spacial score (nSPS) is 22.7. The topological polar surface area (TPSA) is 71.6 Å². The fourth-order valence-corrected chi connectivity index (χ4v) is 6.54. The first-order valence-corrected chi connectivity index (χ1v) is 14.7. The highest BCUT2D eigenvalue weighted by Gasteiger charge is 2.43. The van der Waals surface area contributed by atoms with Crippen molar-refractivity contribution in [1.82, 2.24) is 0 Å². The molecule has 3 atom stereocenters. The minimum Gasteiger partial charge on any atom is -0.497 e. The van der Waals surface area contributed by atoms with E-state index in [1.807, 2.05) is 31.2 Å². The molecule has 0 bridgehead atoms. The van der Waals surface area contributed by atoms with Gasteiger partial charge in [-0.15, -0.1) is 0 Å². The first kappa shape index (κ1) is 32.1. The molecule has 6 heteroatoms. The number of rotatable bonds is 7. The van der Waals surface area contributed by atoms with Crippen LogP contribution < -0.4 is 15.4 Å². The zero-order chi connectivity index (χ0) is 30.5. The Kier molecular flexibility index (Phi) is 10.6. The first-order chi connectivity index (χ1) is 19.5. The summed E-state index contributed by atoms with van der Waals surface area (Å²) in [5.41, 5.74) is 13.9. The fourth-order valence-electron chi connectivity index (χ4n) is 6.54. The molecule has 0 aromatic heterocycles. The van der Waals surface area contributed by atoms with Crippen LogP contribution in [0.15, 0.2) is 71.0 Å². The number of halogens is 1. The van der Waals surface area contributed by atoms with Gasteiger partial charge in [-0.2, -0.15) is 0 Å². The van der Waals surface area contributed by atoms with Crippen LogP contribution >= 0.6 is 0 Å². The largest absolute Gasteiger partial charge is 0.497 e. The van der Waals surface area contributed by atoms with Crippen molar-refractivity contribution in [3.63, 3.8) is 0 Å². The summed E-state index contributed by atoms with van der Waals surface area (Å²) < 4.78 is 25.2. The summed E-state index contributed by atoms with van der Waals surface area (Å²) in [4.78, 5) is 2.32. The molecular weight excluding hydrogens is 513 g/mol. The van der Waals surface area contributed by atoms with Crippen LogP contribution in [0.2, 0.25) is 0 Å². The quantitative estimate of drug-likeness (QED) is 0.155. The number of nitrogens with one attached hydrogen (secondary N) is 1. The summed E-state index contributed by atoms with van der Waals surface area (Å²) in [6.45, 7) is 17.8. The zero-order valence-electron chi connectivity index (χ0n) is 26.3. The van der Waals surface area contributed by atoms with Gasteiger partial charge in [0.2, 0.25) is 5.90 Å². The number of ether oxygens (including phenoxy) is 2. The second-order valence-corrected chi connectivity index (χ2v) is 11.2. The highest BCUT2D eigenvalue weighted by Crippen LogP contribution is 2.50. The van der Waals surface area contributed by atoms with Gasteiger partial charge in [-0.05, 0) is 88.3 Å². The lowest BCUT2D eigenvalue weighted by Crippen LogP contribution is -2.30. The van der Waals surface area contributed by atoms with Crippen LogP contribution in [0.3, 0.4) is 0 Å². The molecule has 0 spiro atoms. The number of hydrogen-bond donors (Lipinski definition) is 2. The van der Waals surface area contributed by atoms with Gasteiger partial charge in [0.1, 0.15) is 18.3 Å². The summed E-state index contributed by atoms with van der Waals surface area (Å²) in [6, 6.07) is 11.9. The minimum absolute atomic E-state index is 0.0701. The predicted molar refractivity (Wildman–Crippen MR) is 169 cm³/mol. The third-order valence-corrected chi connectivity index (χ3v) is 8.82. The highest BCUT2D eigenvalue weighted by atomic mass is 19.1. The standard InChI is InChI=1S/C22H26FNO.C13H22N2O/c1-6-20-22(4,14-16-10-8-9-15(3)21(16)23)18-13-17(25-5)11-12-19(18)24(20)7-2;1-5-11-8(2)6-12(10(4)9(11)3)13(15)16-7-14/h6,8-13H,7,14H2,1-5H3;6,8,10,15H,5,7,14H2,1-4H3/b20-6-;. The fraction of sp³-hybridized carbons (Fsp3) is 0.457. The van der Waals surface area contributed by atoms with E-state index in [4.69, 9.17) is 20.6 Å². The monoisotopic (exact) mass is 561 g/mol. The number of likely N-dealkylation sites (N-methyl/N-ethyl adjacent to an activating group) is 1. The average molecular weight is 562 g/mol. The molecule has 4 rings (SSSR count). The number of allylic oxidation sites excluding steroid dienone is 5. The molecule has 0 saturated carbocycles. The van der Waals surface area contributed by atoms with E-state index in [-0.39, 0.29) is 29.8 Å². The molecule has 2 aromatic carbocycles. The number of anilines is 1. The lowest BCUT2D eigenvalue weighted by Gasteiger charge is -2.30. The number of hydrogen-bond acceptors (Lipinski definition) is 5. The number of nitrogens with zero attached hydrogens (tertiary/aromatic N) is 1. The Morgan fingerprint density at radius 3 is 2.46 bits per heavy atom. The molecule has 3 N–H and O–H groups in total. The number of methoxy groups -OCH3 is 1. The predicted octanol–water partition coefficient (Wildman–Crippen LogP) is 8.22. The molecule has 1 heterocycles. The Balaban J connectivity index is 0.000000250. The van der Waals surface area contributed by atoms with Gasteiger partial charge in [0.05, 0.1) is 7.11 Å². The smallest absolute Gasteiger partial charge is 0.210 e. The Morgan fingerprint density at radius 2 is 1.88 bits per heavy atom. The van der Waals surface area contributed by atoms with Crippen molar-refractivity contribution in [3.05, 3.63) is 93.5 Å². The summed E-state index contributed by atoms with van der Waals surface area (Å²) >= 11 is 0. The number of nitrogens with two attached hydrogens (primary N) is 1. The molecule has 1 aliphatic heterocycles. The molecule has 0 fully saturated rings. The molecule has 0 radical (unpaired) electrons. The van der Waals surface area contributed by atoms with Gasteiger partial charge < -0.3 is 14.4 Å². The maximum Gasteiger partial charge on any atom is 0.210 e. The van der Waals surface area contributed by atoms with Crippen molar-refractivity contribution in [2.45, 2.75) is 73.6 Å². The van der Waals surface area contributed by atoms with Crippen LogP contribution in [-0.4, -0.2) is 26.3 Å². The molecule has 2 aromatic rings. The summed E-state index contributed by atoms with van der Waals surface area (Å²) in [6.07, 6.45) is 5.99. The molecule has 0 amide bonds. The summed E-state index contributed by atoms with van der Waals surface area (Å²) in [7, 11) is 1.68. The lowest BCUT2D eigenvalue weighted by atomic mass is 9.76. The van der Waals surface area contributed by atoms with E-state index in [9.17, 15) is 4.39 Å². The third-order valence-electron chi connectivity index (χ3n) is 8.82. The summed E-state index contributed by atoms with van der Waals surface area (Å²) in [5, 5.41) is 7.82. The van der Waals surface area contributed by atoms with Gasteiger partial charge in [0, 0.05) is 34.8 Å². The number of benzene rings is 2. The van der Waals surface area contributed by atoms with Crippen LogP contribution in [0, 0.1) is 30.0 Å². The van der Waals surface area contributed by atoms with Crippen molar-refractivity contribution in [1.29, 1.82) is 5.41 Å². The van der Waals surface area contributed by atoms with Crippen LogP contribution in [0.25, 0.3) is 0 Å². The Bertz CT molecular complexity index is 1360. The van der Waals surface area contributed by atoms with E-state index in [0.29, 0.717) is 17.9 Å². The van der Waals surface area contributed by atoms with Gasteiger partial charge in [0.25, 0.3) is 0 Å². The van der Waals surface area contributed by atoms with Gasteiger partial charge in [-0.1, -0.05) is 62.3 Å². The molecule has 222 valence electrons. The molecule has 3 unspecified atom stereocenters. The minimum atomic E-state index is -0.288. The van der Waals surface area contributed by atoms with E-state index in [1.54, 1.807) is 7.11 Å². The van der Waals surface area contributed by atoms with Gasteiger partial charge >= 0.3 is 0 Å². The lowest BCUT2D eigenvalue weighted by molar-refractivity contribution is 0.311. The van der Waals surface area contributed by atoms with E-state index < -0.39 is 0 Å². The maximum absolute atomic E-state index is 14.7. The number of aryl methyl sites for hydroxylation is 1. The zero-order valence-corrected chi connectivity index (χ0v) is 26.3. The molecule has 2 aliphatic rings. The average Bonchev–Trinajstić information content (AvgIpc) is 3.20. The van der Waals surface area contributed by atoms with E-state index in [0.717, 1.165) is 29.9 Å². The van der Waals surface area contributed by atoms with E-state index >= 15 is 0 Å². The molecule has 1 aliphatic carbocycles. The Hall–Kier alpha value is -3.38. The second kappa shape index (κ2) is 13.5. The van der Waals surface area contributed by atoms with Crippen molar-refractivity contribution in [3.8, 4) is 5.75 Å². The van der Waals surface area contributed by atoms with Crippen LogP contribution in [0.5, 0.6) is 5.75 Å². The third kappa shape index (κ3) is 6.28. The van der Waals surface area contributed by atoms with Crippen molar-refractivity contribution >= 4 is 11.6 Å². The summed E-state index contributed by atoms with van der Waals surface area (Å²) in [5.74, 6) is 1.63. The van der Waals surface area contributed by atoms with Gasteiger partial charge in [0.15, 0.2) is 0 Å². The Labute approximate surface area is 246 Å². The molecule has 5 nitrogen and oxygen atoms in total. The van der Waals surface area contributed by atoms with Crippen molar-refractivity contribution in [2.75, 3.05) is 25.3 Å². The van der Waals surface area contributed by atoms with Gasteiger partial charge in [-0.25, -0.2) is 4.39 Å². The van der Waals surface area contributed by atoms with Crippen LogP contribution in [-0.2, 0) is 16.6 Å². The van der Waals surface area contributed by atoms with E-state index in [2.05, 4.69) is 77.7 Å². The van der Waals surface area contributed by atoms with Crippen molar-refractivity contribution < 1.29 is 13.9 Å². The molecule has 0 saturated heterocycles. The number of fused-ring (bicyclic) bond motifs is 1. The Morgan fingerprint density at radius 1 is 1.17 bits per heavy atom. The maximum atomic E-state index is 14.7. The molecule has 41 heavy (non-hydrogen) atoms. The van der Waals surface area contributed by atoms with Crippen LogP contribution in [0.1, 0.15) is 71.6 Å². The van der Waals surface area contributed by atoms with Crippen molar-refractivity contribution in [2.24, 2.45) is 17.6 Å². The first-order valence-electron chi connectivity index (χ1n) is 14.7. The molecular formula is C35H48FN3O2. The van der Waals surface area contributed by atoms with Gasteiger partial charge in [-0.3, -0.25) is 11.1 Å².